The van der Waals surface area contributed by atoms with Gasteiger partial charge in [-0.25, -0.2) is 0 Å². The van der Waals surface area contributed by atoms with Crippen LogP contribution in [0.3, 0.4) is 0 Å². The molecule has 0 spiro atoms. The lowest BCUT2D eigenvalue weighted by molar-refractivity contribution is -0.130. The van der Waals surface area contributed by atoms with Crippen LogP contribution in [-0.4, -0.2) is 41.2 Å². The number of allylic oxidation sites excluding steroid dienone is 1. The largest absolute Gasteiger partial charge is 0.498 e. The third-order valence-corrected chi connectivity index (χ3v) is 2.82. The van der Waals surface area contributed by atoms with Gasteiger partial charge in [0, 0.05) is 13.1 Å². The van der Waals surface area contributed by atoms with E-state index in [2.05, 4.69) is 0 Å². The van der Waals surface area contributed by atoms with Gasteiger partial charge in [-0.15, -0.1) is 0 Å². The van der Waals surface area contributed by atoms with Crippen molar-refractivity contribution in [2.45, 2.75) is 46.1 Å². The molecule has 0 unspecified atom stereocenters. The summed E-state index contributed by atoms with van der Waals surface area (Å²) in [4.78, 5) is 14.0. The van der Waals surface area contributed by atoms with Crippen molar-refractivity contribution in [3.63, 3.8) is 0 Å². The molecular formula is C13H23NO3. The van der Waals surface area contributed by atoms with E-state index in [-0.39, 0.29) is 5.91 Å². The lowest BCUT2D eigenvalue weighted by Crippen LogP contribution is -2.43. The monoisotopic (exact) mass is 241 g/mol. The van der Waals surface area contributed by atoms with Crippen LogP contribution in [0, 0.1) is 0 Å². The lowest BCUT2D eigenvalue weighted by Gasteiger charge is -2.30. The zero-order valence-corrected chi connectivity index (χ0v) is 11.2. The molecule has 1 rings (SSSR count). The molecule has 0 aromatic carbocycles. The summed E-state index contributed by atoms with van der Waals surface area (Å²) in [5, 5.41) is 9.79. The molecule has 0 aromatic rings. The molecule has 4 nitrogen and oxygen atoms in total. The van der Waals surface area contributed by atoms with Gasteiger partial charge in [0.05, 0.1) is 17.8 Å². The van der Waals surface area contributed by atoms with Gasteiger partial charge in [-0.2, -0.15) is 0 Å². The van der Waals surface area contributed by atoms with Gasteiger partial charge in [0.1, 0.15) is 5.76 Å². The van der Waals surface area contributed by atoms with Crippen LogP contribution in [-0.2, 0) is 9.53 Å². The van der Waals surface area contributed by atoms with E-state index in [1.807, 2.05) is 13.8 Å². The van der Waals surface area contributed by atoms with E-state index in [0.29, 0.717) is 19.7 Å². The maximum Gasteiger partial charge on any atom is 0.253 e. The highest BCUT2D eigenvalue weighted by atomic mass is 16.5. The fourth-order valence-electron chi connectivity index (χ4n) is 1.98. The number of rotatable bonds is 4. The van der Waals surface area contributed by atoms with Crippen LogP contribution in [0.15, 0.2) is 11.3 Å². The minimum absolute atomic E-state index is 0.00757. The van der Waals surface area contributed by atoms with E-state index in [4.69, 9.17) is 4.74 Å². The van der Waals surface area contributed by atoms with Gasteiger partial charge in [-0.05, 0) is 40.5 Å². The zero-order valence-electron chi connectivity index (χ0n) is 11.2. The Balaban J connectivity index is 2.79. The molecule has 0 aromatic heterocycles. The van der Waals surface area contributed by atoms with Crippen molar-refractivity contribution >= 4 is 5.91 Å². The fraction of sp³-hybridized carbons (Fsp3) is 0.769. The topological polar surface area (TPSA) is 49.8 Å². The number of amides is 1. The molecule has 1 heterocycles. The molecule has 0 saturated carbocycles. The van der Waals surface area contributed by atoms with Crippen LogP contribution in [0.2, 0.25) is 0 Å². The molecule has 17 heavy (non-hydrogen) atoms. The van der Waals surface area contributed by atoms with E-state index in [0.717, 1.165) is 24.2 Å². The molecule has 0 aliphatic carbocycles. The first-order valence-corrected chi connectivity index (χ1v) is 6.19. The minimum atomic E-state index is -0.865. The summed E-state index contributed by atoms with van der Waals surface area (Å²) >= 11 is 0. The number of hydrogen-bond acceptors (Lipinski definition) is 3. The fourth-order valence-corrected chi connectivity index (χ4v) is 1.98. The van der Waals surface area contributed by atoms with Crippen molar-refractivity contribution in [2.24, 2.45) is 0 Å². The zero-order chi connectivity index (χ0) is 13.1. The highest BCUT2D eigenvalue weighted by Crippen LogP contribution is 2.21. The normalized spacial score (nSPS) is 16.8. The average Bonchev–Trinajstić information content (AvgIpc) is 2.24. The summed E-state index contributed by atoms with van der Waals surface area (Å²) in [6.45, 7) is 8.82. The van der Waals surface area contributed by atoms with Crippen molar-refractivity contribution in [1.82, 2.24) is 4.90 Å². The number of aliphatic hydroxyl groups is 1. The van der Waals surface area contributed by atoms with Gasteiger partial charge in [0.25, 0.3) is 5.91 Å². The second kappa shape index (κ2) is 5.54. The van der Waals surface area contributed by atoms with Crippen LogP contribution in [0.1, 0.15) is 40.5 Å². The molecule has 1 aliphatic rings. The third kappa shape index (κ3) is 4.04. The second-order valence-electron chi connectivity index (χ2n) is 5.12. The molecule has 1 amide bonds. The molecule has 4 heteroatoms. The maximum atomic E-state index is 12.3. The number of carbonyl (C=O) groups is 1. The standard InChI is InChI=1S/C13H23NO3/c1-5-14(9-13(3,4)16)12(15)11-7-6-8-17-10(11)2/h16H,5-9H2,1-4H3. The number of nitrogens with zero attached hydrogens (tertiary/aromatic N) is 1. The predicted molar refractivity (Wildman–Crippen MR) is 66.4 cm³/mol. The highest BCUT2D eigenvalue weighted by Gasteiger charge is 2.26. The smallest absolute Gasteiger partial charge is 0.253 e. The minimum Gasteiger partial charge on any atom is -0.498 e. The van der Waals surface area contributed by atoms with Gasteiger partial charge >= 0.3 is 0 Å². The predicted octanol–water partition coefficient (Wildman–Crippen LogP) is 1.69. The van der Waals surface area contributed by atoms with E-state index in [9.17, 15) is 9.90 Å². The summed E-state index contributed by atoms with van der Waals surface area (Å²) < 4.78 is 5.41. The molecule has 1 N–H and O–H groups in total. The first-order chi connectivity index (χ1) is 7.85. The Morgan fingerprint density at radius 3 is 2.65 bits per heavy atom. The summed E-state index contributed by atoms with van der Waals surface area (Å²) in [5.41, 5.74) is -0.113. The Bertz CT molecular complexity index is 315. The Morgan fingerprint density at radius 2 is 2.18 bits per heavy atom. The Kier molecular flexibility index (Phi) is 4.57. The van der Waals surface area contributed by atoms with Crippen LogP contribution >= 0.6 is 0 Å². The quantitative estimate of drug-likeness (QED) is 0.815. The average molecular weight is 241 g/mol. The Labute approximate surface area is 103 Å². The van der Waals surface area contributed by atoms with Crippen molar-refractivity contribution < 1.29 is 14.6 Å². The number of likely N-dealkylation sites (N-methyl/N-ethyl adjacent to an activating group) is 1. The van der Waals surface area contributed by atoms with Crippen LogP contribution in [0.25, 0.3) is 0 Å². The maximum absolute atomic E-state index is 12.3. The van der Waals surface area contributed by atoms with Crippen molar-refractivity contribution in [3.05, 3.63) is 11.3 Å². The van der Waals surface area contributed by atoms with Crippen molar-refractivity contribution in [1.29, 1.82) is 0 Å². The van der Waals surface area contributed by atoms with Crippen LogP contribution in [0.5, 0.6) is 0 Å². The molecule has 0 radical (unpaired) electrons. The molecule has 0 bridgehead atoms. The van der Waals surface area contributed by atoms with Gasteiger partial charge in [0.15, 0.2) is 0 Å². The molecule has 0 atom stereocenters. The molecule has 1 aliphatic heterocycles. The third-order valence-electron chi connectivity index (χ3n) is 2.82. The van der Waals surface area contributed by atoms with Crippen molar-refractivity contribution in [3.8, 4) is 0 Å². The van der Waals surface area contributed by atoms with Crippen molar-refractivity contribution in [2.75, 3.05) is 19.7 Å². The number of ether oxygens (including phenoxy) is 1. The Hall–Kier alpha value is -1.03. The number of hydrogen-bond donors (Lipinski definition) is 1. The Morgan fingerprint density at radius 1 is 1.53 bits per heavy atom. The van der Waals surface area contributed by atoms with E-state index in [1.54, 1.807) is 18.7 Å². The lowest BCUT2D eigenvalue weighted by atomic mass is 10.0. The molecule has 0 saturated heterocycles. The van der Waals surface area contributed by atoms with E-state index in [1.165, 1.54) is 0 Å². The van der Waals surface area contributed by atoms with Gasteiger partial charge in [-0.1, -0.05) is 0 Å². The SMILES string of the molecule is CCN(CC(C)(C)O)C(=O)C1=C(C)OCCC1. The second-order valence-corrected chi connectivity index (χ2v) is 5.12. The molecular weight excluding hydrogens is 218 g/mol. The first-order valence-electron chi connectivity index (χ1n) is 6.19. The van der Waals surface area contributed by atoms with Gasteiger partial charge < -0.3 is 14.7 Å². The van der Waals surface area contributed by atoms with Gasteiger partial charge in [-0.3, -0.25) is 4.79 Å². The number of carbonyl (C=O) groups excluding carboxylic acids is 1. The summed E-state index contributed by atoms with van der Waals surface area (Å²) in [5.74, 6) is 0.724. The highest BCUT2D eigenvalue weighted by molar-refractivity contribution is 5.94. The van der Waals surface area contributed by atoms with E-state index >= 15 is 0 Å². The summed E-state index contributed by atoms with van der Waals surface area (Å²) in [7, 11) is 0. The summed E-state index contributed by atoms with van der Waals surface area (Å²) in [6, 6.07) is 0. The molecule has 0 fully saturated rings. The van der Waals surface area contributed by atoms with Gasteiger partial charge in [0.2, 0.25) is 0 Å². The summed E-state index contributed by atoms with van der Waals surface area (Å²) in [6.07, 6.45) is 1.66. The van der Waals surface area contributed by atoms with Crippen LogP contribution in [0.4, 0.5) is 0 Å². The van der Waals surface area contributed by atoms with Crippen LogP contribution < -0.4 is 0 Å². The first kappa shape index (κ1) is 14.0. The molecule has 98 valence electrons. The van der Waals surface area contributed by atoms with E-state index < -0.39 is 5.60 Å².